The van der Waals surface area contributed by atoms with Crippen LogP contribution < -0.4 is 43.0 Å². The van der Waals surface area contributed by atoms with Gasteiger partial charge in [-0.05, 0) is 36.0 Å². The number of aliphatic hydroxyl groups is 2. The lowest BCUT2D eigenvalue weighted by molar-refractivity contribution is -0.139. The minimum Gasteiger partial charge on any atom is -0.508 e. The first-order valence-corrected chi connectivity index (χ1v) is 18.9. The average Bonchev–Trinajstić information content (AvgIpc) is 3.72. The van der Waals surface area contributed by atoms with Gasteiger partial charge in [-0.15, -0.1) is 0 Å². The fourth-order valence-electron chi connectivity index (χ4n) is 5.47. The third-order valence-electron chi connectivity index (χ3n) is 8.96. The first-order chi connectivity index (χ1) is 27.9. The highest BCUT2D eigenvalue weighted by Gasteiger charge is 2.33. The zero-order valence-corrected chi connectivity index (χ0v) is 33.3. The molecule has 2 aromatic rings. The predicted molar refractivity (Wildman–Crippen MR) is 208 cm³/mol. The Bertz CT molecular complexity index is 1720. The molecule has 14 N–H and O–H groups in total. The molecule has 1 aromatic carbocycles. The summed E-state index contributed by atoms with van der Waals surface area (Å²) in [5.74, 6) is -7.93. The number of H-pyrrole nitrogens is 1. The van der Waals surface area contributed by atoms with Gasteiger partial charge in [0.1, 0.15) is 48.5 Å². The number of nitrogens with zero attached hydrogens (tertiary/aromatic N) is 1. The maximum absolute atomic E-state index is 13.8. The number of carbonyl (C=O) groups excluding carboxylic acids is 7. The van der Waals surface area contributed by atoms with Gasteiger partial charge in [0.2, 0.25) is 41.4 Å². The Labute approximate surface area is 340 Å². The molecule has 0 radical (unpaired) electrons. The quantitative estimate of drug-likeness (QED) is 0.0454. The summed E-state index contributed by atoms with van der Waals surface area (Å²) in [6.07, 6.45) is 2.96. The number of nitrogens with two attached hydrogens (primary N) is 1. The summed E-state index contributed by atoms with van der Waals surface area (Å²) in [6.45, 7) is 3.94. The molecule has 59 heavy (non-hydrogen) atoms. The molecule has 0 saturated carbocycles. The summed E-state index contributed by atoms with van der Waals surface area (Å²) in [5.41, 5.74) is 6.55. The van der Waals surface area contributed by atoms with Gasteiger partial charge in [0, 0.05) is 24.7 Å². The maximum atomic E-state index is 13.8. The second-order valence-electron chi connectivity index (χ2n) is 14.3. The van der Waals surface area contributed by atoms with Crippen LogP contribution >= 0.6 is 0 Å². The van der Waals surface area contributed by atoms with Crippen molar-refractivity contribution in [3.8, 4) is 5.75 Å². The van der Waals surface area contributed by atoms with E-state index in [2.05, 4.69) is 47.2 Å². The molecule has 0 spiro atoms. The van der Waals surface area contributed by atoms with Crippen LogP contribution in [0, 0.1) is 11.8 Å². The van der Waals surface area contributed by atoms with Crippen molar-refractivity contribution in [1.82, 2.24) is 47.2 Å². The van der Waals surface area contributed by atoms with Crippen LogP contribution in [0.5, 0.6) is 5.75 Å². The second kappa shape index (κ2) is 24.6. The molecule has 0 saturated heterocycles. The number of phenols is 1. The minimum absolute atomic E-state index is 0.0328. The van der Waals surface area contributed by atoms with Gasteiger partial charge in [-0.25, -0.2) is 4.98 Å². The number of aliphatic carboxylic acids is 1. The molecule has 0 aliphatic carbocycles. The van der Waals surface area contributed by atoms with E-state index in [1.165, 1.54) is 36.8 Å². The van der Waals surface area contributed by atoms with Crippen LogP contribution in [0.1, 0.15) is 51.8 Å². The van der Waals surface area contributed by atoms with Crippen molar-refractivity contribution in [1.29, 1.82) is 0 Å². The normalized spacial score (nSPS) is 14.6. The number of carboxylic acids is 1. The average molecular weight is 833 g/mol. The first-order valence-electron chi connectivity index (χ1n) is 18.9. The molecular weight excluding hydrogens is 776 g/mol. The lowest BCUT2D eigenvalue weighted by Gasteiger charge is -2.28. The van der Waals surface area contributed by atoms with Crippen LogP contribution in [-0.2, 0) is 51.2 Å². The van der Waals surface area contributed by atoms with E-state index < -0.39 is 116 Å². The summed E-state index contributed by atoms with van der Waals surface area (Å²) in [7, 11) is 0. The molecule has 0 unspecified atom stereocenters. The van der Waals surface area contributed by atoms with Gasteiger partial charge in [-0.2, -0.15) is 0 Å². The highest BCUT2D eigenvalue weighted by atomic mass is 16.4. The molecular formula is C37H56N10O12. The predicted octanol–water partition coefficient (Wildman–Crippen LogP) is -3.95. The molecule has 326 valence electrons. The van der Waals surface area contributed by atoms with Crippen LogP contribution in [0.25, 0.3) is 0 Å². The number of aromatic amines is 1. The number of phenolic OH excluding ortho intramolecular Hbond substituents is 1. The number of rotatable bonds is 25. The van der Waals surface area contributed by atoms with Gasteiger partial charge in [-0.3, -0.25) is 38.4 Å². The first kappa shape index (κ1) is 49.0. The summed E-state index contributed by atoms with van der Waals surface area (Å²) in [6, 6.07) is -2.26. The van der Waals surface area contributed by atoms with E-state index in [1.807, 2.05) is 0 Å². The van der Waals surface area contributed by atoms with Crippen LogP contribution in [0.2, 0.25) is 0 Å². The number of aromatic hydroxyl groups is 1. The number of aromatic nitrogens is 2. The third kappa shape index (κ3) is 17.1. The highest BCUT2D eigenvalue weighted by Crippen LogP contribution is 2.13. The number of hydrogen-bond donors (Lipinski definition) is 13. The van der Waals surface area contributed by atoms with E-state index in [1.54, 1.807) is 27.7 Å². The number of nitrogens with one attached hydrogen (secondary N) is 8. The molecule has 1 heterocycles. The summed E-state index contributed by atoms with van der Waals surface area (Å²) >= 11 is 0. The number of benzene rings is 1. The Morgan fingerprint density at radius 1 is 0.712 bits per heavy atom. The molecule has 0 aliphatic rings. The van der Waals surface area contributed by atoms with Gasteiger partial charge >= 0.3 is 5.97 Å². The lowest BCUT2D eigenvalue weighted by Crippen LogP contribution is -2.60. The van der Waals surface area contributed by atoms with E-state index in [4.69, 9.17) is 10.8 Å². The van der Waals surface area contributed by atoms with Gasteiger partial charge in [0.05, 0.1) is 26.1 Å². The number of hydrogen-bond acceptors (Lipinski definition) is 13. The zero-order chi connectivity index (χ0) is 44.2. The van der Waals surface area contributed by atoms with Crippen molar-refractivity contribution >= 4 is 47.3 Å². The number of carbonyl (C=O) groups is 8. The Hall–Kier alpha value is -6.13. The smallest absolute Gasteiger partial charge is 0.322 e. The van der Waals surface area contributed by atoms with E-state index in [9.17, 15) is 53.7 Å². The largest absolute Gasteiger partial charge is 0.508 e. The topological polar surface area (TPSA) is 356 Å². The summed E-state index contributed by atoms with van der Waals surface area (Å²) in [4.78, 5) is 110. The molecule has 0 aliphatic heterocycles. The molecule has 0 bridgehead atoms. The van der Waals surface area contributed by atoms with Crippen molar-refractivity contribution < 1.29 is 58.8 Å². The van der Waals surface area contributed by atoms with Crippen molar-refractivity contribution in [3.63, 3.8) is 0 Å². The molecule has 1 aromatic heterocycles. The molecule has 22 heteroatoms. The Morgan fingerprint density at radius 2 is 1.29 bits per heavy atom. The molecule has 7 amide bonds. The van der Waals surface area contributed by atoms with Crippen LogP contribution in [0.3, 0.4) is 0 Å². The Balaban J connectivity index is 2.22. The Morgan fingerprint density at radius 3 is 1.85 bits per heavy atom. The van der Waals surface area contributed by atoms with Crippen molar-refractivity contribution in [3.05, 3.63) is 48.0 Å². The highest BCUT2D eigenvalue weighted by molar-refractivity contribution is 5.97. The van der Waals surface area contributed by atoms with Crippen LogP contribution in [0.15, 0.2) is 36.8 Å². The number of carboxylic acid groups (broad SMARTS) is 1. The number of amides is 7. The second-order valence-corrected chi connectivity index (χ2v) is 14.3. The zero-order valence-electron chi connectivity index (χ0n) is 33.3. The standard InChI is InChI=1S/C37H56N10O12/c1-5-20(4)31(37(59)41-15-30(52)53)47-36(58)28(17-49)46-34(56)25(10-19(2)3)45-35(57)27(12-22-13-39-18-42-22)43-29(51)14-40-33(55)26(44-32(54)24(38)16-48)11-21-6-8-23(50)9-7-21/h6-9,13,18-20,24-28,31,48-50H,5,10-12,14-17,38H2,1-4H3,(H,39,42)(H,40,55)(H,41,59)(H,43,51)(H,44,54)(H,45,57)(H,46,56)(H,47,58)(H,52,53)/t20-,24-,25-,26-,27-,28-,31-/m0/s1. The fourth-order valence-corrected chi connectivity index (χ4v) is 5.47. The van der Waals surface area contributed by atoms with Crippen molar-refractivity contribution in [2.75, 3.05) is 26.3 Å². The van der Waals surface area contributed by atoms with Gasteiger partial charge < -0.3 is 68.4 Å². The lowest BCUT2D eigenvalue weighted by atomic mass is 9.97. The van der Waals surface area contributed by atoms with Crippen LogP contribution in [0.4, 0.5) is 0 Å². The molecule has 7 atom stereocenters. The van der Waals surface area contributed by atoms with Crippen molar-refractivity contribution in [2.45, 2.75) is 89.6 Å². The van der Waals surface area contributed by atoms with Gasteiger partial charge in [0.15, 0.2) is 0 Å². The fraction of sp³-hybridized carbons (Fsp3) is 0.541. The third-order valence-corrected chi connectivity index (χ3v) is 8.96. The molecule has 0 fully saturated rings. The van der Waals surface area contributed by atoms with Crippen LogP contribution in [-0.4, -0.2) is 140 Å². The number of imidazole rings is 1. The van der Waals surface area contributed by atoms with E-state index >= 15 is 0 Å². The Kier molecular flexibility index (Phi) is 20.4. The van der Waals surface area contributed by atoms with Gasteiger partial charge in [0.25, 0.3) is 0 Å². The molecule has 22 nitrogen and oxygen atoms in total. The van der Waals surface area contributed by atoms with Gasteiger partial charge in [-0.1, -0.05) is 46.2 Å². The van der Waals surface area contributed by atoms with E-state index in [-0.39, 0.29) is 30.9 Å². The molecule has 2 rings (SSSR count). The van der Waals surface area contributed by atoms with E-state index in [0.29, 0.717) is 17.7 Å². The minimum atomic E-state index is -1.58. The van der Waals surface area contributed by atoms with Crippen molar-refractivity contribution in [2.24, 2.45) is 17.6 Å². The summed E-state index contributed by atoms with van der Waals surface area (Å²) < 4.78 is 0. The monoisotopic (exact) mass is 832 g/mol. The van der Waals surface area contributed by atoms with E-state index in [0.717, 1.165) is 0 Å². The SMILES string of the molecule is CC[C@H](C)[C@H](NC(=O)[C@H](CO)NC(=O)[C@H](CC(C)C)NC(=O)[C@H](Cc1cnc[nH]1)NC(=O)CNC(=O)[C@H](Cc1ccc(O)cc1)NC(=O)[C@@H](N)CO)C(=O)NCC(=O)O. The number of aliphatic hydroxyl groups excluding tert-OH is 2. The maximum Gasteiger partial charge on any atom is 0.322 e. The summed E-state index contributed by atoms with van der Waals surface area (Å²) in [5, 5.41) is 54.9.